The third-order valence-corrected chi connectivity index (χ3v) is 1.93. The van der Waals surface area contributed by atoms with E-state index >= 15 is 0 Å². The van der Waals surface area contributed by atoms with Gasteiger partial charge in [0.15, 0.2) is 12.6 Å². The van der Waals surface area contributed by atoms with E-state index in [1.165, 1.54) is 7.05 Å². The standard InChI is InChI=1S/C6H13NO5/c1-7-2-3(8)4(9)6(11)12-5(2)10/h2-11H,1H3/t2-,3-,4+,5?,6+/m1/s1. The van der Waals surface area contributed by atoms with Crippen LogP contribution in [0.2, 0.25) is 0 Å². The summed E-state index contributed by atoms with van der Waals surface area (Å²) in [6.07, 6.45) is -5.50. The summed E-state index contributed by atoms with van der Waals surface area (Å²) >= 11 is 0. The zero-order chi connectivity index (χ0) is 9.30. The monoisotopic (exact) mass is 179 g/mol. The van der Waals surface area contributed by atoms with Crippen molar-refractivity contribution in [2.24, 2.45) is 0 Å². The number of nitrogens with one attached hydrogen (secondary N) is 1. The van der Waals surface area contributed by atoms with Crippen molar-refractivity contribution in [1.29, 1.82) is 0 Å². The van der Waals surface area contributed by atoms with Crippen molar-refractivity contribution in [3.05, 3.63) is 0 Å². The van der Waals surface area contributed by atoms with Crippen molar-refractivity contribution in [2.75, 3.05) is 7.05 Å². The van der Waals surface area contributed by atoms with Gasteiger partial charge in [0.1, 0.15) is 12.2 Å². The number of aliphatic hydroxyl groups is 4. The molecule has 1 fully saturated rings. The highest BCUT2D eigenvalue weighted by atomic mass is 16.7. The molecule has 1 saturated heterocycles. The molecule has 0 amide bonds. The molecule has 1 rings (SSSR count). The molecule has 0 aromatic rings. The first-order valence-corrected chi connectivity index (χ1v) is 3.63. The molecule has 6 heteroatoms. The molecule has 0 aliphatic carbocycles. The van der Waals surface area contributed by atoms with Gasteiger partial charge in [0.05, 0.1) is 6.04 Å². The lowest BCUT2D eigenvalue weighted by Crippen LogP contribution is -2.61. The second kappa shape index (κ2) is 3.65. The molecule has 6 nitrogen and oxygen atoms in total. The van der Waals surface area contributed by atoms with Crippen molar-refractivity contribution in [2.45, 2.75) is 30.8 Å². The summed E-state index contributed by atoms with van der Waals surface area (Å²) in [6, 6.07) is -0.789. The third-order valence-electron chi connectivity index (χ3n) is 1.93. The Morgan fingerprint density at radius 2 is 1.58 bits per heavy atom. The van der Waals surface area contributed by atoms with E-state index in [2.05, 4.69) is 10.1 Å². The number of rotatable bonds is 1. The van der Waals surface area contributed by atoms with Gasteiger partial charge in [-0.05, 0) is 7.05 Å². The Kier molecular flexibility index (Phi) is 2.99. The van der Waals surface area contributed by atoms with E-state index in [1.807, 2.05) is 0 Å². The Bertz CT molecular complexity index is 155. The molecule has 0 spiro atoms. The zero-order valence-corrected chi connectivity index (χ0v) is 6.58. The zero-order valence-electron chi connectivity index (χ0n) is 6.58. The third kappa shape index (κ3) is 1.58. The first-order chi connectivity index (χ1) is 5.57. The highest BCUT2D eigenvalue weighted by molar-refractivity contribution is 4.88. The Labute approximate surface area is 69.4 Å². The first kappa shape index (κ1) is 9.85. The average Bonchev–Trinajstić information content (AvgIpc) is 2.01. The maximum atomic E-state index is 9.27. The topological polar surface area (TPSA) is 102 Å². The highest BCUT2D eigenvalue weighted by Crippen LogP contribution is 2.17. The molecule has 5 atom stereocenters. The lowest BCUT2D eigenvalue weighted by Gasteiger charge is -2.38. The predicted molar refractivity (Wildman–Crippen MR) is 38.0 cm³/mol. The molecular formula is C6H13NO5. The lowest BCUT2D eigenvalue weighted by molar-refractivity contribution is -0.303. The first-order valence-electron chi connectivity index (χ1n) is 3.63. The molecule has 0 aromatic carbocycles. The number of aliphatic hydroxyl groups excluding tert-OH is 4. The van der Waals surface area contributed by atoms with Crippen molar-refractivity contribution in [3.63, 3.8) is 0 Å². The Balaban J connectivity index is 2.65. The quantitative estimate of drug-likeness (QED) is 0.293. The summed E-state index contributed by atoms with van der Waals surface area (Å²) in [6.45, 7) is 0. The van der Waals surface area contributed by atoms with Crippen LogP contribution in [0.3, 0.4) is 0 Å². The van der Waals surface area contributed by atoms with Crippen LogP contribution in [0.5, 0.6) is 0 Å². The second-order valence-electron chi connectivity index (χ2n) is 2.71. The fraction of sp³-hybridized carbons (Fsp3) is 1.00. The molecule has 1 aliphatic rings. The van der Waals surface area contributed by atoms with Crippen LogP contribution in [0.15, 0.2) is 0 Å². The summed E-state index contributed by atoms with van der Waals surface area (Å²) in [5, 5.41) is 38.9. The van der Waals surface area contributed by atoms with Gasteiger partial charge in [-0.1, -0.05) is 0 Å². The minimum absolute atomic E-state index is 0.789. The molecular weight excluding hydrogens is 166 g/mol. The van der Waals surface area contributed by atoms with Crippen molar-refractivity contribution in [3.8, 4) is 0 Å². The Morgan fingerprint density at radius 1 is 1.00 bits per heavy atom. The van der Waals surface area contributed by atoms with Gasteiger partial charge in [-0.15, -0.1) is 0 Å². The minimum atomic E-state index is -1.54. The molecule has 0 radical (unpaired) electrons. The van der Waals surface area contributed by atoms with Gasteiger partial charge in [-0.2, -0.15) is 0 Å². The summed E-state index contributed by atoms with van der Waals surface area (Å²) in [5.74, 6) is 0. The molecule has 0 aromatic heterocycles. The SMILES string of the molecule is CN[C@H]1C(O)O[C@H](O)[C@@H](O)[C@@H]1O. The Morgan fingerprint density at radius 3 is 2.08 bits per heavy atom. The van der Waals surface area contributed by atoms with E-state index in [0.29, 0.717) is 0 Å². The van der Waals surface area contributed by atoms with Gasteiger partial charge in [0, 0.05) is 0 Å². The molecule has 1 aliphatic heterocycles. The van der Waals surface area contributed by atoms with Crippen LogP contribution >= 0.6 is 0 Å². The van der Waals surface area contributed by atoms with Crippen LogP contribution in [0, 0.1) is 0 Å². The second-order valence-corrected chi connectivity index (χ2v) is 2.71. The highest BCUT2D eigenvalue weighted by Gasteiger charge is 2.42. The van der Waals surface area contributed by atoms with Crippen molar-refractivity contribution in [1.82, 2.24) is 5.32 Å². The number of hydrogen-bond acceptors (Lipinski definition) is 6. The number of ether oxygens (including phenoxy) is 1. The molecule has 1 heterocycles. The average molecular weight is 179 g/mol. The maximum Gasteiger partial charge on any atom is 0.186 e. The van der Waals surface area contributed by atoms with Gasteiger partial charge >= 0.3 is 0 Å². The molecule has 12 heavy (non-hydrogen) atoms. The van der Waals surface area contributed by atoms with Gasteiger partial charge in [0.2, 0.25) is 0 Å². The van der Waals surface area contributed by atoms with Gasteiger partial charge < -0.3 is 30.5 Å². The molecule has 72 valence electrons. The van der Waals surface area contributed by atoms with Crippen LogP contribution in [-0.4, -0.2) is 58.3 Å². The van der Waals surface area contributed by atoms with Crippen LogP contribution in [0.25, 0.3) is 0 Å². The van der Waals surface area contributed by atoms with E-state index < -0.39 is 30.8 Å². The summed E-state index contributed by atoms with van der Waals surface area (Å²) in [7, 11) is 1.50. The number of hydrogen-bond donors (Lipinski definition) is 5. The van der Waals surface area contributed by atoms with E-state index in [0.717, 1.165) is 0 Å². The van der Waals surface area contributed by atoms with Crippen molar-refractivity contribution < 1.29 is 25.2 Å². The molecule has 0 saturated carbocycles. The summed E-state index contributed by atoms with van der Waals surface area (Å²) in [5.41, 5.74) is 0. The molecule has 0 bridgehead atoms. The van der Waals surface area contributed by atoms with E-state index in [9.17, 15) is 5.11 Å². The van der Waals surface area contributed by atoms with Crippen LogP contribution in [-0.2, 0) is 4.74 Å². The maximum absolute atomic E-state index is 9.27. The van der Waals surface area contributed by atoms with E-state index in [-0.39, 0.29) is 0 Å². The van der Waals surface area contributed by atoms with Gasteiger partial charge in [-0.25, -0.2) is 0 Å². The fourth-order valence-corrected chi connectivity index (χ4v) is 1.17. The Hall–Kier alpha value is -0.240. The van der Waals surface area contributed by atoms with Crippen LogP contribution in [0.1, 0.15) is 0 Å². The fourth-order valence-electron chi connectivity index (χ4n) is 1.17. The van der Waals surface area contributed by atoms with E-state index in [1.54, 1.807) is 0 Å². The van der Waals surface area contributed by atoms with Crippen LogP contribution < -0.4 is 5.32 Å². The van der Waals surface area contributed by atoms with Gasteiger partial charge in [-0.3, -0.25) is 0 Å². The lowest BCUT2D eigenvalue weighted by atomic mass is 10.0. The molecule has 5 N–H and O–H groups in total. The normalized spacial score (nSPS) is 49.2. The summed E-state index contributed by atoms with van der Waals surface area (Å²) in [4.78, 5) is 0. The minimum Gasteiger partial charge on any atom is -0.388 e. The number of likely N-dealkylation sites (N-methyl/N-ethyl adjacent to an activating group) is 1. The largest absolute Gasteiger partial charge is 0.388 e. The molecule has 1 unspecified atom stereocenters. The van der Waals surface area contributed by atoms with Crippen molar-refractivity contribution >= 4 is 0 Å². The summed E-state index contributed by atoms with van der Waals surface area (Å²) < 4.78 is 4.51. The predicted octanol–water partition coefficient (Wildman–Crippen LogP) is -3.04. The smallest absolute Gasteiger partial charge is 0.186 e. The van der Waals surface area contributed by atoms with Crippen LogP contribution in [0.4, 0.5) is 0 Å². The van der Waals surface area contributed by atoms with Gasteiger partial charge in [0.25, 0.3) is 0 Å². The van der Waals surface area contributed by atoms with E-state index in [4.69, 9.17) is 15.3 Å².